The van der Waals surface area contributed by atoms with E-state index in [1.54, 1.807) is 7.11 Å². The molecule has 0 aromatic heterocycles. The Morgan fingerprint density at radius 3 is 2.76 bits per heavy atom. The highest BCUT2D eigenvalue weighted by atomic mass is 16.5. The van der Waals surface area contributed by atoms with Gasteiger partial charge in [-0.05, 0) is 19.1 Å². The molecular formula is C12H18N2O3. The van der Waals surface area contributed by atoms with E-state index in [1.807, 2.05) is 19.1 Å². The normalized spacial score (nSPS) is 10.1. The van der Waals surface area contributed by atoms with Crippen LogP contribution in [0.1, 0.15) is 17.5 Å². The van der Waals surface area contributed by atoms with Gasteiger partial charge in [0.2, 0.25) is 0 Å². The lowest BCUT2D eigenvalue weighted by atomic mass is 10.1. The smallest absolute Gasteiger partial charge is 0.131 e. The molecule has 0 fully saturated rings. The van der Waals surface area contributed by atoms with Crippen LogP contribution in [0, 0.1) is 12.5 Å². The molecule has 2 N–H and O–H groups in total. The Hall–Kier alpha value is -1.62. The number of rotatable bonds is 7. The summed E-state index contributed by atoms with van der Waals surface area (Å²) in [6.45, 7) is 2.73. The molecule has 0 unspecified atom stereocenters. The zero-order valence-corrected chi connectivity index (χ0v) is 10.2. The lowest BCUT2D eigenvalue weighted by molar-refractivity contribution is 0.231. The number of methoxy groups -OCH3 is 1. The Kier molecular flexibility index (Phi) is 5.42. The summed E-state index contributed by atoms with van der Waals surface area (Å²) in [5, 5.41) is 12.1. The Morgan fingerprint density at radius 1 is 1.41 bits per heavy atom. The summed E-state index contributed by atoms with van der Waals surface area (Å²) in [6, 6.07) is 3.69. The van der Waals surface area contributed by atoms with E-state index in [0.717, 1.165) is 16.9 Å². The van der Waals surface area contributed by atoms with Crippen LogP contribution in [0.15, 0.2) is 17.2 Å². The van der Waals surface area contributed by atoms with Gasteiger partial charge in [0.15, 0.2) is 0 Å². The Morgan fingerprint density at radius 2 is 2.18 bits per heavy atom. The lowest BCUT2D eigenvalue weighted by Gasteiger charge is -2.15. The lowest BCUT2D eigenvalue weighted by Crippen LogP contribution is -2.04. The molecule has 5 heteroatoms. The minimum Gasteiger partial charge on any atom is -0.496 e. The molecule has 94 valence electrons. The third-order valence-electron chi connectivity index (χ3n) is 2.46. The van der Waals surface area contributed by atoms with Crippen molar-refractivity contribution in [3.63, 3.8) is 0 Å². The number of aliphatic hydroxyl groups is 1. The van der Waals surface area contributed by atoms with E-state index < -0.39 is 0 Å². The van der Waals surface area contributed by atoms with Crippen molar-refractivity contribution in [1.82, 2.24) is 0 Å². The molecule has 0 aliphatic heterocycles. The molecule has 0 spiro atoms. The summed E-state index contributed by atoms with van der Waals surface area (Å²) in [4.78, 5) is 0. The molecule has 0 bridgehead atoms. The zero-order valence-electron chi connectivity index (χ0n) is 10.2. The first kappa shape index (κ1) is 13.4. The van der Waals surface area contributed by atoms with Gasteiger partial charge in [-0.1, -0.05) is 0 Å². The van der Waals surface area contributed by atoms with E-state index in [2.05, 4.69) is 5.11 Å². The number of aliphatic hydroxyl groups excluding tert-OH is 1. The van der Waals surface area contributed by atoms with Gasteiger partial charge in [-0.2, -0.15) is 5.11 Å². The summed E-state index contributed by atoms with van der Waals surface area (Å²) in [6.07, 6.45) is 0.577. The number of hydrogen-bond acceptors (Lipinski definition) is 5. The Labute approximate surface area is 101 Å². The predicted octanol–water partition coefficient (Wildman–Crippen LogP) is 2.30. The highest BCUT2D eigenvalue weighted by molar-refractivity contribution is 5.49. The van der Waals surface area contributed by atoms with Crippen LogP contribution in [0.25, 0.3) is 0 Å². The molecule has 0 amide bonds. The second kappa shape index (κ2) is 6.85. The van der Waals surface area contributed by atoms with Gasteiger partial charge in [-0.25, -0.2) is 5.53 Å². The summed E-state index contributed by atoms with van der Waals surface area (Å²) in [5.41, 5.74) is 8.67. The molecule has 5 nitrogen and oxygen atoms in total. The first-order chi connectivity index (χ1) is 8.24. The van der Waals surface area contributed by atoms with Crippen LogP contribution in [0.4, 0.5) is 0 Å². The van der Waals surface area contributed by atoms with Crippen molar-refractivity contribution in [1.29, 1.82) is 5.53 Å². The fraction of sp³-hybridized carbons (Fsp3) is 0.500. The van der Waals surface area contributed by atoms with Gasteiger partial charge < -0.3 is 14.6 Å². The van der Waals surface area contributed by atoms with Gasteiger partial charge in [0.05, 0.1) is 20.3 Å². The maximum Gasteiger partial charge on any atom is 0.131 e. The zero-order chi connectivity index (χ0) is 12.7. The summed E-state index contributed by atoms with van der Waals surface area (Å²) < 4.78 is 10.8. The minimum atomic E-state index is 0.0984. The predicted molar refractivity (Wildman–Crippen MR) is 63.8 cm³/mol. The average Bonchev–Trinajstić information content (AvgIpc) is 2.33. The molecule has 0 heterocycles. The third kappa shape index (κ3) is 3.42. The van der Waals surface area contributed by atoms with E-state index in [9.17, 15) is 0 Å². The number of benzene rings is 1. The summed E-state index contributed by atoms with van der Waals surface area (Å²) in [5.74, 6) is 1.45. The van der Waals surface area contributed by atoms with Crippen molar-refractivity contribution in [3.8, 4) is 11.5 Å². The molecule has 0 atom stereocenters. The van der Waals surface area contributed by atoms with Gasteiger partial charge in [0.1, 0.15) is 11.5 Å². The highest BCUT2D eigenvalue weighted by Crippen LogP contribution is 2.32. The van der Waals surface area contributed by atoms with Crippen molar-refractivity contribution < 1.29 is 14.6 Å². The van der Waals surface area contributed by atoms with Crippen LogP contribution in [0.3, 0.4) is 0 Å². The Balaban J connectivity index is 2.97. The van der Waals surface area contributed by atoms with Gasteiger partial charge in [-0.3, -0.25) is 0 Å². The first-order valence-electron chi connectivity index (χ1n) is 5.48. The van der Waals surface area contributed by atoms with E-state index in [1.165, 1.54) is 0 Å². The van der Waals surface area contributed by atoms with Gasteiger partial charge >= 0.3 is 0 Å². The van der Waals surface area contributed by atoms with Gasteiger partial charge in [-0.15, -0.1) is 0 Å². The van der Waals surface area contributed by atoms with E-state index >= 15 is 0 Å². The summed E-state index contributed by atoms with van der Waals surface area (Å²) in [7, 11) is 1.61. The monoisotopic (exact) mass is 238 g/mol. The molecule has 1 aromatic rings. The molecule has 0 aliphatic carbocycles. The number of ether oxygens (including phenoxy) is 2. The van der Waals surface area contributed by atoms with Crippen LogP contribution < -0.4 is 9.47 Å². The van der Waals surface area contributed by atoms with Crippen LogP contribution in [0.2, 0.25) is 0 Å². The van der Waals surface area contributed by atoms with Crippen LogP contribution in [-0.2, 0) is 6.54 Å². The maximum absolute atomic E-state index is 8.73. The number of nitrogens with zero attached hydrogens (tertiary/aromatic N) is 1. The molecule has 0 saturated carbocycles. The number of hydrogen-bond donors (Lipinski definition) is 2. The topological polar surface area (TPSA) is 74.9 Å². The van der Waals surface area contributed by atoms with E-state index in [4.69, 9.17) is 20.1 Å². The molecule has 0 aliphatic rings. The quantitative estimate of drug-likeness (QED) is 0.565. The summed E-state index contributed by atoms with van der Waals surface area (Å²) >= 11 is 0. The maximum atomic E-state index is 8.73. The van der Waals surface area contributed by atoms with Crippen molar-refractivity contribution in [3.05, 3.63) is 23.3 Å². The van der Waals surface area contributed by atoms with Crippen molar-refractivity contribution in [2.75, 3.05) is 20.3 Å². The van der Waals surface area contributed by atoms with Crippen LogP contribution >= 0.6 is 0 Å². The van der Waals surface area contributed by atoms with E-state index in [0.29, 0.717) is 25.3 Å². The molecule has 0 saturated heterocycles. The first-order valence-corrected chi connectivity index (χ1v) is 5.48. The fourth-order valence-corrected chi connectivity index (χ4v) is 1.60. The van der Waals surface area contributed by atoms with Crippen LogP contribution in [0.5, 0.6) is 11.5 Å². The fourth-order valence-electron chi connectivity index (χ4n) is 1.60. The highest BCUT2D eigenvalue weighted by Gasteiger charge is 2.11. The van der Waals surface area contributed by atoms with Crippen molar-refractivity contribution in [2.45, 2.75) is 19.9 Å². The number of nitrogens with one attached hydrogen (secondary N) is 1. The molecule has 0 radical (unpaired) electrons. The Bertz CT molecular complexity index is 380. The second-order valence-corrected chi connectivity index (χ2v) is 3.62. The van der Waals surface area contributed by atoms with Crippen molar-refractivity contribution in [2.24, 2.45) is 5.11 Å². The third-order valence-corrected chi connectivity index (χ3v) is 2.46. The van der Waals surface area contributed by atoms with Crippen LogP contribution in [-0.4, -0.2) is 25.4 Å². The minimum absolute atomic E-state index is 0.0984. The molecular weight excluding hydrogens is 220 g/mol. The molecule has 1 rings (SSSR count). The van der Waals surface area contributed by atoms with Gasteiger partial charge in [0.25, 0.3) is 0 Å². The standard InChI is InChI=1S/C12H18N2O3/c1-9-11(16-2)5-4-10(8-14-13)12(9)17-7-3-6-15/h4-5,13,15H,3,6-8H2,1-2H3. The molecule has 1 aromatic carbocycles. The largest absolute Gasteiger partial charge is 0.496 e. The molecule has 17 heavy (non-hydrogen) atoms. The van der Waals surface area contributed by atoms with Gasteiger partial charge in [0, 0.05) is 24.2 Å². The second-order valence-electron chi connectivity index (χ2n) is 3.62. The van der Waals surface area contributed by atoms with E-state index in [-0.39, 0.29) is 6.61 Å². The van der Waals surface area contributed by atoms with Crippen molar-refractivity contribution >= 4 is 0 Å². The SMILES string of the molecule is COc1ccc(CN=N)c(OCCCO)c1C. The average molecular weight is 238 g/mol.